The quantitative estimate of drug-likeness (QED) is 0.382. The molecule has 1 fully saturated rings. The summed E-state index contributed by atoms with van der Waals surface area (Å²) in [6, 6.07) is 11.8. The van der Waals surface area contributed by atoms with Crippen LogP contribution in [-0.2, 0) is 13.2 Å². The summed E-state index contributed by atoms with van der Waals surface area (Å²) < 4.78 is 8.19. The van der Waals surface area contributed by atoms with Crippen LogP contribution in [-0.4, -0.2) is 34.1 Å². The molecule has 1 aliphatic heterocycles. The Morgan fingerprint density at radius 3 is 2.60 bits per heavy atom. The summed E-state index contributed by atoms with van der Waals surface area (Å²) in [6.45, 7) is 2.44. The Balaban J connectivity index is 1.52. The highest BCUT2D eigenvalue weighted by molar-refractivity contribution is 6.42. The van der Waals surface area contributed by atoms with Gasteiger partial charge in [0.2, 0.25) is 0 Å². The summed E-state index contributed by atoms with van der Waals surface area (Å²) in [5.74, 6) is 1.63. The van der Waals surface area contributed by atoms with Crippen LogP contribution in [0.4, 0.5) is 0 Å². The molecule has 1 aliphatic rings. The average Bonchev–Trinajstić information content (AvgIpc) is 3.06. The summed E-state index contributed by atoms with van der Waals surface area (Å²) >= 11 is 18.5. The minimum Gasteiger partial charge on any atom is -0.486 e. The molecule has 30 heavy (non-hydrogen) atoms. The molecule has 1 atom stereocenters. The standard InChI is InChI=1S/C23H26Cl3N3O/c1-28-11-3-2-5-17(28)6-4-12-29-22-14-20(26)19(25)13-21(22)27-23(29)15-30-18-9-7-16(24)8-10-18/h7-10,13-14,17H,2-6,11-12,15H2,1H3. The normalized spacial score (nSPS) is 17.5. The molecule has 4 nitrogen and oxygen atoms in total. The van der Waals surface area contributed by atoms with Gasteiger partial charge in [-0.3, -0.25) is 0 Å². The maximum atomic E-state index is 6.31. The van der Waals surface area contributed by atoms with Crippen molar-refractivity contribution in [2.24, 2.45) is 0 Å². The van der Waals surface area contributed by atoms with Gasteiger partial charge in [0.1, 0.15) is 18.2 Å². The molecule has 3 aromatic rings. The van der Waals surface area contributed by atoms with Crippen molar-refractivity contribution in [2.75, 3.05) is 13.6 Å². The number of hydrogen-bond acceptors (Lipinski definition) is 3. The molecule has 0 amide bonds. The Hall–Kier alpha value is -1.46. The van der Waals surface area contributed by atoms with Crippen molar-refractivity contribution in [3.63, 3.8) is 0 Å². The van der Waals surface area contributed by atoms with Gasteiger partial charge < -0.3 is 14.2 Å². The third-order valence-corrected chi connectivity index (χ3v) is 6.87. The molecule has 0 saturated carbocycles. The number of halogens is 3. The lowest BCUT2D eigenvalue weighted by Gasteiger charge is -2.32. The summed E-state index contributed by atoms with van der Waals surface area (Å²) in [5.41, 5.74) is 1.84. The van der Waals surface area contributed by atoms with Gasteiger partial charge in [0.05, 0.1) is 21.1 Å². The molecule has 160 valence electrons. The van der Waals surface area contributed by atoms with Gasteiger partial charge in [-0.2, -0.15) is 0 Å². The highest BCUT2D eigenvalue weighted by Gasteiger charge is 2.19. The highest BCUT2D eigenvalue weighted by atomic mass is 35.5. The number of ether oxygens (including phenoxy) is 1. The number of fused-ring (bicyclic) bond motifs is 1. The number of rotatable bonds is 7. The van der Waals surface area contributed by atoms with Crippen molar-refractivity contribution in [2.45, 2.75) is 51.3 Å². The first kappa shape index (κ1) is 21.8. The Morgan fingerprint density at radius 1 is 1.07 bits per heavy atom. The molecule has 2 heterocycles. The second-order valence-corrected chi connectivity index (χ2v) is 9.20. The number of piperidine rings is 1. The van der Waals surface area contributed by atoms with Crippen LogP contribution in [0.3, 0.4) is 0 Å². The van der Waals surface area contributed by atoms with Crippen molar-refractivity contribution in [3.05, 3.63) is 57.3 Å². The highest BCUT2D eigenvalue weighted by Crippen LogP contribution is 2.29. The summed E-state index contributed by atoms with van der Waals surface area (Å²) in [6.07, 6.45) is 6.18. The number of hydrogen-bond donors (Lipinski definition) is 0. The van der Waals surface area contributed by atoms with Crippen molar-refractivity contribution in [3.8, 4) is 5.75 Å². The SMILES string of the molecule is CN1CCCCC1CCCn1c(COc2ccc(Cl)cc2)nc2cc(Cl)c(Cl)cc21. The summed E-state index contributed by atoms with van der Waals surface area (Å²) in [4.78, 5) is 7.28. The molecule has 0 bridgehead atoms. The maximum Gasteiger partial charge on any atom is 0.147 e. The molecule has 4 rings (SSSR count). The maximum absolute atomic E-state index is 6.31. The lowest BCUT2D eigenvalue weighted by molar-refractivity contribution is 0.172. The monoisotopic (exact) mass is 465 g/mol. The van der Waals surface area contributed by atoms with Crippen LogP contribution < -0.4 is 4.74 Å². The van der Waals surface area contributed by atoms with E-state index in [9.17, 15) is 0 Å². The molecule has 1 saturated heterocycles. The number of aromatic nitrogens is 2. The van der Waals surface area contributed by atoms with Crippen molar-refractivity contribution >= 4 is 45.8 Å². The third-order valence-electron chi connectivity index (χ3n) is 5.89. The largest absolute Gasteiger partial charge is 0.486 e. The topological polar surface area (TPSA) is 30.3 Å². The van der Waals surface area contributed by atoms with Gasteiger partial charge in [0, 0.05) is 17.6 Å². The zero-order valence-corrected chi connectivity index (χ0v) is 19.3. The Kier molecular flexibility index (Phi) is 7.09. The van der Waals surface area contributed by atoms with E-state index in [-0.39, 0.29) is 0 Å². The Bertz CT molecular complexity index is 1000. The first-order valence-electron chi connectivity index (χ1n) is 10.4. The average molecular weight is 467 g/mol. The molecule has 0 aliphatic carbocycles. The van der Waals surface area contributed by atoms with Crippen LogP contribution in [0, 0.1) is 0 Å². The van der Waals surface area contributed by atoms with Crippen LogP contribution in [0.15, 0.2) is 36.4 Å². The predicted molar refractivity (Wildman–Crippen MR) is 125 cm³/mol. The minimum absolute atomic E-state index is 0.370. The minimum atomic E-state index is 0.370. The molecule has 0 radical (unpaired) electrons. The van der Waals surface area contributed by atoms with Gasteiger partial charge in [-0.15, -0.1) is 0 Å². The Labute approximate surface area is 192 Å². The van der Waals surface area contributed by atoms with Crippen molar-refractivity contribution in [1.29, 1.82) is 0 Å². The van der Waals surface area contributed by atoms with E-state index in [1.807, 2.05) is 36.4 Å². The van der Waals surface area contributed by atoms with E-state index in [1.165, 1.54) is 32.2 Å². The van der Waals surface area contributed by atoms with Crippen LogP contribution >= 0.6 is 34.8 Å². The van der Waals surface area contributed by atoms with Crippen LogP contribution in [0.5, 0.6) is 5.75 Å². The van der Waals surface area contributed by atoms with Gasteiger partial charge >= 0.3 is 0 Å². The van der Waals surface area contributed by atoms with Crippen LogP contribution in [0.25, 0.3) is 11.0 Å². The second-order valence-electron chi connectivity index (χ2n) is 7.95. The zero-order valence-electron chi connectivity index (χ0n) is 17.1. The fourth-order valence-corrected chi connectivity index (χ4v) is 4.64. The molecular weight excluding hydrogens is 441 g/mol. The molecule has 1 unspecified atom stereocenters. The smallest absolute Gasteiger partial charge is 0.147 e. The fourth-order valence-electron chi connectivity index (χ4n) is 4.20. The van der Waals surface area contributed by atoms with E-state index in [1.54, 1.807) is 0 Å². The van der Waals surface area contributed by atoms with E-state index in [0.717, 1.165) is 35.6 Å². The molecule has 0 N–H and O–H groups in total. The van der Waals surface area contributed by atoms with E-state index in [0.29, 0.717) is 27.7 Å². The van der Waals surface area contributed by atoms with Crippen molar-refractivity contribution < 1.29 is 4.74 Å². The second kappa shape index (κ2) is 9.78. The molecule has 0 spiro atoms. The predicted octanol–water partition coefficient (Wildman–Crippen LogP) is 6.84. The third kappa shape index (κ3) is 5.05. The van der Waals surface area contributed by atoms with Crippen LogP contribution in [0.1, 0.15) is 37.9 Å². The molecule has 7 heteroatoms. The van der Waals surface area contributed by atoms with Gasteiger partial charge in [-0.25, -0.2) is 4.98 Å². The number of likely N-dealkylation sites (tertiary alicyclic amines) is 1. The van der Waals surface area contributed by atoms with Crippen LogP contribution in [0.2, 0.25) is 15.1 Å². The van der Waals surface area contributed by atoms with E-state index < -0.39 is 0 Å². The Morgan fingerprint density at radius 2 is 1.83 bits per heavy atom. The van der Waals surface area contributed by atoms with Gasteiger partial charge in [-0.1, -0.05) is 41.2 Å². The fraction of sp³-hybridized carbons (Fsp3) is 0.435. The van der Waals surface area contributed by atoms with Gasteiger partial charge in [0.25, 0.3) is 0 Å². The van der Waals surface area contributed by atoms with Crippen molar-refractivity contribution in [1.82, 2.24) is 14.5 Å². The molecule has 1 aromatic heterocycles. The lowest BCUT2D eigenvalue weighted by Crippen LogP contribution is -2.36. The number of aryl methyl sites for hydroxylation is 1. The lowest BCUT2D eigenvalue weighted by atomic mass is 9.99. The molecular formula is C23H26Cl3N3O. The van der Waals surface area contributed by atoms with E-state index >= 15 is 0 Å². The first-order chi connectivity index (χ1) is 14.5. The number of nitrogens with zero attached hydrogens (tertiary/aromatic N) is 3. The van der Waals surface area contributed by atoms with Gasteiger partial charge in [-0.05, 0) is 75.7 Å². The molecule has 2 aromatic carbocycles. The first-order valence-corrected chi connectivity index (χ1v) is 11.6. The number of imidazole rings is 1. The zero-order chi connectivity index (χ0) is 21.1. The summed E-state index contributed by atoms with van der Waals surface area (Å²) in [7, 11) is 2.24. The number of benzene rings is 2. The summed E-state index contributed by atoms with van der Waals surface area (Å²) in [5, 5.41) is 1.75. The van der Waals surface area contributed by atoms with E-state index in [4.69, 9.17) is 44.5 Å². The van der Waals surface area contributed by atoms with E-state index in [2.05, 4.69) is 16.5 Å². The van der Waals surface area contributed by atoms with Gasteiger partial charge in [0.15, 0.2) is 0 Å².